The Morgan fingerprint density at radius 2 is 1.72 bits per heavy atom. The molecule has 0 radical (unpaired) electrons. The smallest absolute Gasteiger partial charge is 0.250 e. The van der Waals surface area contributed by atoms with E-state index < -0.39 is 0 Å². The van der Waals surface area contributed by atoms with Gasteiger partial charge in [0.1, 0.15) is 17.5 Å². The predicted octanol–water partition coefficient (Wildman–Crippen LogP) is 5.00. The highest BCUT2D eigenvalue weighted by Gasteiger charge is 2.25. The number of nitrogens with zero attached hydrogens (tertiary/aromatic N) is 3. The molecule has 1 aliphatic heterocycles. The van der Waals surface area contributed by atoms with Crippen molar-refractivity contribution in [3.05, 3.63) is 108 Å². The zero-order chi connectivity index (χ0) is 24.9. The van der Waals surface area contributed by atoms with Crippen LogP contribution in [0.1, 0.15) is 22.7 Å². The first kappa shape index (κ1) is 22.9. The molecule has 1 amide bonds. The maximum atomic E-state index is 12.6. The lowest BCUT2D eigenvalue weighted by Crippen LogP contribution is -2.20. The van der Waals surface area contributed by atoms with Crippen LogP contribution in [-0.2, 0) is 4.79 Å². The zero-order valence-electron chi connectivity index (χ0n) is 19.9. The summed E-state index contributed by atoms with van der Waals surface area (Å²) in [4.78, 5) is 17.2. The Kier molecular flexibility index (Phi) is 6.48. The van der Waals surface area contributed by atoms with E-state index >= 15 is 0 Å². The number of allylic oxidation sites excluding steroid dienone is 1. The van der Waals surface area contributed by atoms with Gasteiger partial charge in [-0.05, 0) is 41.5 Å². The third-order valence-corrected chi connectivity index (χ3v) is 5.80. The number of benzene rings is 3. The summed E-state index contributed by atoms with van der Waals surface area (Å²) in [5, 5.41) is 10.7. The minimum atomic E-state index is -0.346. The van der Waals surface area contributed by atoms with Gasteiger partial charge in [0.2, 0.25) is 5.95 Å². The zero-order valence-corrected chi connectivity index (χ0v) is 19.9. The molecule has 0 unspecified atom stereocenters. The van der Waals surface area contributed by atoms with Crippen LogP contribution < -0.4 is 20.1 Å². The van der Waals surface area contributed by atoms with Crippen LogP contribution in [0.5, 0.6) is 11.5 Å². The first-order valence-electron chi connectivity index (χ1n) is 11.4. The van der Waals surface area contributed by atoms with Gasteiger partial charge < -0.3 is 14.8 Å². The van der Waals surface area contributed by atoms with E-state index in [1.54, 1.807) is 25.0 Å². The Morgan fingerprint density at radius 3 is 2.47 bits per heavy atom. The molecule has 4 aromatic rings. The van der Waals surface area contributed by atoms with Crippen molar-refractivity contribution in [2.75, 3.05) is 24.9 Å². The van der Waals surface area contributed by atoms with E-state index in [1.165, 1.54) is 6.08 Å². The molecule has 0 saturated heterocycles. The summed E-state index contributed by atoms with van der Waals surface area (Å²) in [7, 11) is 3.23. The van der Waals surface area contributed by atoms with Gasteiger partial charge >= 0.3 is 0 Å². The number of amides is 1. The molecule has 0 fully saturated rings. The number of hydrogen-bond donors (Lipinski definition) is 2. The van der Waals surface area contributed by atoms with Crippen LogP contribution >= 0.6 is 0 Å². The molecule has 3 aromatic carbocycles. The standard InChI is InChI=1S/C28H25N5O3/c1-35-22-15-12-20(13-16-22)24-18-23(19-8-4-3-5-9-19)29-28-31-27(32-33(24)28)30-26(34)17-14-21-10-6-7-11-25(21)36-2/h3-18,24H,1-2H3,(H2,29,30,31,32,34)/b17-14+/t24-/m0/s1. The molecule has 8 nitrogen and oxygen atoms in total. The van der Waals surface area contributed by atoms with Crippen molar-refractivity contribution >= 4 is 29.6 Å². The van der Waals surface area contributed by atoms with Crippen LogP contribution in [0.2, 0.25) is 0 Å². The number of hydrogen-bond acceptors (Lipinski definition) is 6. The van der Waals surface area contributed by atoms with Crippen molar-refractivity contribution in [2.45, 2.75) is 6.04 Å². The number of rotatable bonds is 7. The molecule has 1 aliphatic rings. The number of fused-ring (bicyclic) bond motifs is 1. The number of carbonyl (C=O) groups is 1. The van der Waals surface area contributed by atoms with E-state index in [0.717, 1.165) is 28.1 Å². The number of aromatic nitrogens is 3. The van der Waals surface area contributed by atoms with Gasteiger partial charge in [0, 0.05) is 17.3 Å². The molecule has 2 N–H and O–H groups in total. The summed E-state index contributed by atoms with van der Waals surface area (Å²) in [6.07, 6.45) is 5.21. The number of para-hydroxylation sites is 1. The Balaban J connectivity index is 1.42. The van der Waals surface area contributed by atoms with Gasteiger partial charge in [-0.2, -0.15) is 4.98 Å². The monoisotopic (exact) mass is 479 g/mol. The maximum Gasteiger partial charge on any atom is 0.250 e. The number of nitrogens with one attached hydrogen (secondary N) is 2. The molecule has 0 aliphatic carbocycles. The van der Waals surface area contributed by atoms with Gasteiger partial charge in [-0.15, -0.1) is 5.10 Å². The maximum absolute atomic E-state index is 12.6. The van der Waals surface area contributed by atoms with E-state index in [1.807, 2.05) is 78.9 Å². The van der Waals surface area contributed by atoms with Crippen molar-refractivity contribution in [3.63, 3.8) is 0 Å². The van der Waals surface area contributed by atoms with Crippen molar-refractivity contribution in [3.8, 4) is 11.5 Å². The largest absolute Gasteiger partial charge is 0.497 e. The molecule has 180 valence electrons. The Labute approximate surface area is 208 Å². The summed E-state index contributed by atoms with van der Waals surface area (Å²) < 4.78 is 12.4. The second-order valence-electron chi connectivity index (χ2n) is 8.06. The predicted molar refractivity (Wildman–Crippen MR) is 140 cm³/mol. The summed E-state index contributed by atoms with van der Waals surface area (Å²) in [5.74, 6) is 1.84. The van der Waals surface area contributed by atoms with E-state index in [-0.39, 0.29) is 17.9 Å². The van der Waals surface area contributed by atoms with E-state index in [4.69, 9.17) is 9.47 Å². The van der Waals surface area contributed by atoms with Gasteiger partial charge in [-0.1, -0.05) is 60.7 Å². The summed E-state index contributed by atoms with van der Waals surface area (Å²) in [6, 6.07) is 25.0. The molecular weight excluding hydrogens is 454 g/mol. The SMILES string of the molecule is COc1ccc([C@@H]2C=C(c3ccccc3)Nc3nc(NC(=O)/C=C/c4ccccc4OC)nn32)cc1. The Hall–Kier alpha value is -4.85. The van der Waals surface area contributed by atoms with Gasteiger partial charge in [0.05, 0.1) is 14.2 Å². The molecule has 0 bridgehead atoms. The summed E-state index contributed by atoms with van der Waals surface area (Å²) >= 11 is 0. The lowest BCUT2D eigenvalue weighted by molar-refractivity contribution is -0.111. The fourth-order valence-corrected chi connectivity index (χ4v) is 3.99. The van der Waals surface area contributed by atoms with Crippen LogP contribution in [-0.4, -0.2) is 34.9 Å². The van der Waals surface area contributed by atoms with E-state index in [0.29, 0.717) is 11.7 Å². The van der Waals surface area contributed by atoms with Crippen molar-refractivity contribution in [1.29, 1.82) is 0 Å². The van der Waals surface area contributed by atoms with E-state index in [2.05, 4.69) is 26.8 Å². The van der Waals surface area contributed by atoms with Crippen molar-refractivity contribution in [2.24, 2.45) is 0 Å². The summed E-state index contributed by atoms with van der Waals surface area (Å²) in [5.41, 5.74) is 3.73. The first-order chi connectivity index (χ1) is 17.6. The first-order valence-corrected chi connectivity index (χ1v) is 11.4. The molecule has 1 aromatic heterocycles. The molecule has 0 spiro atoms. The second-order valence-corrected chi connectivity index (χ2v) is 8.06. The highest BCUT2D eigenvalue weighted by Crippen LogP contribution is 2.33. The van der Waals surface area contributed by atoms with Crippen LogP contribution in [0.25, 0.3) is 11.8 Å². The third-order valence-electron chi connectivity index (χ3n) is 5.80. The average molecular weight is 480 g/mol. The van der Waals surface area contributed by atoms with Gasteiger partial charge in [0.25, 0.3) is 11.9 Å². The highest BCUT2D eigenvalue weighted by atomic mass is 16.5. The topological polar surface area (TPSA) is 90.3 Å². The number of carbonyl (C=O) groups excluding carboxylic acids is 1. The van der Waals surface area contributed by atoms with Gasteiger partial charge in [0.15, 0.2) is 0 Å². The van der Waals surface area contributed by atoms with Crippen LogP contribution in [0, 0.1) is 0 Å². The minimum absolute atomic E-state index is 0.202. The second kappa shape index (κ2) is 10.2. The Bertz CT molecular complexity index is 1430. The van der Waals surface area contributed by atoms with Crippen molar-refractivity contribution in [1.82, 2.24) is 14.8 Å². The molecule has 0 saturated carbocycles. The highest BCUT2D eigenvalue weighted by molar-refractivity contribution is 6.01. The average Bonchev–Trinajstić information content (AvgIpc) is 3.34. The third kappa shape index (κ3) is 4.83. The van der Waals surface area contributed by atoms with Crippen molar-refractivity contribution < 1.29 is 14.3 Å². The number of methoxy groups -OCH3 is 2. The molecule has 2 heterocycles. The normalized spacial score (nSPS) is 14.5. The van der Waals surface area contributed by atoms with Gasteiger partial charge in [-0.25, -0.2) is 4.68 Å². The lowest BCUT2D eigenvalue weighted by atomic mass is 10.0. The number of anilines is 2. The summed E-state index contributed by atoms with van der Waals surface area (Å²) in [6.45, 7) is 0. The van der Waals surface area contributed by atoms with Crippen LogP contribution in [0.3, 0.4) is 0 Å². The molecular formula is C28H25N5O3. The van der Waals surface area contributed by atoms with E-state index in [9.17, 15) is 4.79 Å². The van der Waals surface area contributed by atoms with Crippen LogP contribution in [0.15, 0.2) is 91.0 Å². The number of ether oxygens (including phenoxy) is 2. The van der Waals surface area contributed by atoms with Gasteiger partial charge in [-0.3, -0.25) is 10.1 Å². The molecule has 5 rings (SSSR count). The molecule has 36 heavy (non-hydrogen) atoms. The minimum Gasteiger partial charge on any atom is -0.497 e. The fraction of sp³-hybridized carbons (Fsp3) is 0.107. The Morgan fingerprint density at radius 1 is 0.972 bits per heavy atom. The van der Waals surface area contributed by atoms with Crippen LogP contribution in [0.4, 0.5) is 11.9 Å². The fourth-order valence-electron chi connectivity index (χ4n) is 3.99. The molecule has 1 atom stereocenters. The molecule has 8 heteroatoms. The lowest BCUT2D eigenvalue weighted by Gasteiger charge is -2.24. The quantitative estimate of drug-likeness (QED) is 0.363.